The number of urea groups is 1. The van der Waals surface area contributed by atoms with E-state index in [1.54, 1.807) is 10.3 Å². The van der Waals surface area contributed by atoms with Gasteiger partial charge in [-0.3, -0.25) is 0 Å². The van der Waals surface area contributed by atoms with Crippen LogP contribution in [0.5, 0.6) is 0 Å². The van der Waals surface area contributed by atoms with Crippen molar-refractivity contribution < 1.29 is 19.1 Å². The summed E-state index contributed by atoms with van der Waals surface area (Å²) >= 11 is 1.36. The molecule has 1 aliphatic rings. The number of aromatic nitrogens is 1. The molecule has 0 aromatic carbocycles. The molecule has 0 unspecified atom stereocenters. The summed E-state index contributed by atoms with van der Waals surface area (Å²) in [6.45, 7) is 4.22. The number of hydrogen-bond donors (Lipinski definition) is 1. The lowest BCUT2D eigenvalue weighted by molar-refractivity contribution is 0.0594. The fourth-order valence-corrected chi connectivity index (χ4v) is 3.79. The van der Waals surface area contributed by atoms with Crippen molar-refractivity contribution in [3.8, 4) is 0 Å². The van der Waals surface area contributed by atoms with Crippen LogP contribution in [0.4, 0.5) is 4.79 Å². The summed E-state index contributed by atoms with van der Waals surface area (Å²) in [5.74, 6) is -0.456. The zero-order chi connectivity index (χ0) is 18.8. The Morgan fingerprint density at radius 3 is 2.81 bits per heavy atom. The maximum Gasteiger partial charge on any atom is 0.357 e. The number of amides is 2. The molecule has 1 aromatic heterocycles. The maximum absolute atomic E-state index is 12.7. The Labute approximate surface area is 159 Å². The zero-order valence-corrected chi connectivity index (χ0v) is 16.5. The van der Waals surface area contributed by atoms with Crippen molar-refractivity contribution in [1.82, 2.24) is 15.2 Å². The van der Waals surface area contributed by atoms with Gasteiger partial charge in [0, 0.05) is 31.2 Å². The van der Waals surface area contributed by atoms with Gasteiger partial charge in [0.1, 0.15) is 5.01 Å². The molecule has 2 amide bonds. The van der Waals surface area contributed by atoms with Crippen molar-refractivity contribution in [3.63, 3.8) is 0 Å². The largest absolute Gasteiger partial charge is 0.464 e. The van der Waals surface area contributed by atoms with E-state index < -0.39 is 5.97 Å². The van der Waals surface area contributed by atoms with Crippen molar-refractivity contribution in [3.05, 3.63) is 16.1 Å². The van der Waals surface area contributed by atoms with Gasteiger partial charge in [-0.15, -0.1) is 11.3 Å². The Balaban J connectivity index is 1.95. The van der Waals surface area contributed by atoms with Crippen LogP contribution in [0.2, 0.25) is 0 Å². The second-order valence-electron chi connectivity index (χ2n) is 6.37. The van der Waals surface area contributed by atoms with Gasteiger partial charge in [0.25, 0.3) is 0 Å². The average Bonchev–Trinajstić information content (AvgIpc) is 3.13. The van der Waals surface area contributed by atoms with E-state index in [9.17, 15) is 9.59 Å². The standard InChI is InChI=1S/C18H29N3O4S/c1-3-25-11-7-10-21(18(23)19-14-8-5-4-6-9-14)12-16-20-15(13-26-16)17(22)24-2/h13-14H,3-12H2,1-2H3,(H,19,23). The second-order valence-corrected chi connectivity index (χ2v) is 7.32. The van der Waals surface area contributed by atoms with Gasteiger partial charge in [-0.2, -0.15) is 0 Å². The highest BCUT2D eigenvalue weighted by Crippen LogP contribution is 2.18. The number of methoxy groups -OCH3 is 1. The third kappa shape index (κ3) is 6.57. The van der Waals surface area contributed by atoms with Gasteiger partial charge in [-0.1, -0.05) is 19.3 Å². The Morgan fingerprint density at radius 1 is 1.35 bits per heavy atom. The third-order valence-electron chi connectivity index (χ3n) is 4.41. The molecular weight excluding hydrogens is 354 g/mol. The van der Waals surface area contributed by atoms with Gasteiger partial charge in [0.05, 0.1) is 13.7 Å². The lowest BCUT2D eigenvalue weighted by Crippen LogP contribution is -2.45. The molecule has 26 heavy (non-hydrogen) atoms. The van der Waals surface area contributed by atoms with Crippen molar-refractivity contribution in [2.24, 2.45) is 0 Å². The molecule has 1 saturated carbocycles. The van der Waals surface area contributed by atoms with Gasteiger partial charge in [0.15, 0.2) is 5.69 Å². The summed E-state index contributed by atoms with van der Waals surface area (Å²) in [4.78, 5) is 30.3. The number of nitrogens with zero attached hydrogens (tertiary/aromatic N) is 2. The number of rotatable bonds is 9. The van der Waals surface area contributed by atoms with Crippen molar-refractivity contribution in [2.45, 2.75) is 58.0 Å². The van der Waals surface area contributed by atoms with Crippen LogP contribution in [0.3, 0.4) is 0 Å². The number of thiazole rings is 1. The molecule has 1 aliphatic carbocycles. The molecule has 1 N–H and O–H groups in total. The topological polar surface area (TPSA) is 80.8 Å². The minimum absolute atomic E-state index is 0.0665. The SMILES string of the molecule is CCOCCCN(Cc1nc(C(=O)OC)cs1)C(=O)NC1CCCCC1. The third-order valence-corrected chi connectivity index (χ3v) is 5.25. The summed E-state index contributed by atoms with van der Waals surface area (Å²) < 4.78 is 10.1. The molecule has 0 saturated heterocycles. The minimum Gasteiger partial charge on any atom is -0.464 e. The predicted octanol–water partition coefficient (Wildman–Crippen LogP) is 3.20. The molecule has 1 aromatic rings. The quantitative estimate of drug-likeness (QED) is 0.523. The van der Waals surface area contributed by atoms with Gasteiger partial charge in [0.2, 0.25) is 0 Å². The molecule has 0 atom stereocenters. The average molecular weight is 384 g/mol. The molecule has 0 spiro atoms. The molecule has 1 heterocycles. The summed E-state index contributed by atoms with van der Waals surface area (Å²) in [7, 11) is 1.33. The smallest absolute Gasteiger partial charge is 0.357 e. The predicted molar refractivity (Wildman–Crippen MR) is 100 cm³/mol. The van der Waals surface area contributed by atoms with Crippen LogP contribution >= 0.6 is 11.3 Å². The molecule has 1 fully saturated rings. The normalized spacial score (nSPS) is 14.8. The number of esters is 1. The van der Waals surface area contributed by atoms with Crippen LogP contribution in [0, 0.1) is 0 Å². The summed E-state index contributed by atoms with van der Waals surface area (Å²) in [6.07, 6.45) is 6.44. The lowest BCUT2D eigenvalue weighted by Gasteiger charge is -2.28. The fraction of sp³-hybridized carbons (Fsp3) is 0.722. The minimum atomic E-state index is -0.456. The van der Waals surface area contributed by atoms with Gasteiger partial charge >= 0.3 is 12.0 Å². The second kappa shape index (κ2) is 11.1. The number of nitrogens with one attached hydrogen (secondary N) is 1. The summed E-state index contributed by atoms with van der Waals surface area (Å²) in [5, 5.41) is 5.54. The van der Waals surface area contributed by atoms with E-state index in [0.717, 1.165) is 24.3 Å². The number of hydrogen-bond acceptors (Lipinski definition) is 6. The van der Waals surface area contributed by atoms with Crippen LogP contribution in [0.25, 0.3) is 0 Å². The van der Waals surface area contributed by atoms with E-state index in [1.165, 1.54) is 37.7 Å². The van der Waals surface area contributed by atoms with E-state index in [0.29, 0.717) is 26.3 Å². The molecular formula is C18H29N3O4S. The van der Waals surface area contributed by atoms with Crippen molar-refractivity contribution in [2.75, 3.05) is 26.9 Å². The maximum atomic E-state index is 12.7. The summed E-state index contributed by atoms with van der Waals surface area (Å²) in [5.41, 5.74) is 0.287. The first kappa shape index (κ1) is 20.6. The van der Waals surface area contributed by atoms with Crippen molar-refractivity contribution >= 4 is 23.3 Å². The first-order chi connectivity index (χ1) is 12.6. The molecule has 146 valence electrons. The summed E-state index contributed by atoms with van der Waals surface area (Å²) in [6, 6.07) is 0.191. The molecule has 0 radical (unpaired) electrons. The van der Waals surface area contributed by atoms with E-state index in [-0.39, 0.29) is 17.8 Å². The fourth-order valence-electron chi connectivity index (χ4n) is 3.01. The van der Waals surface area contributed by atoms with Crippen LogP contribution in [0.15, 0.2) is 5.38 Å². The van der Waals surface area contributed by atoms with Gasteiger partial charge in [-0.25, -0.2) is 14.6 Å². The Bertz CT molecular complexity index is 573. The van der Waals surface area contributed by atoms with Crippen LogP contribution < -0.4 is 5.32 Å². The molecule has 7 nitrogen and oxygen atoms in total. The monoisotopic (exact) mass is 383 g/mol. The van der Waals surface area contributed by atoms with E-state index >= 15 is 0 Å². The zero-order valence-electron chi connectivity index (χ0n) is 15.7. The lowest BCUT2D eigenvalue weighted by atomic mass is 9.96. The molecule has 0 aliphatic heterocycles. The Kier molecular flexibility index (Phi) is 8.84. The molecule has 8 heteroatoms. The Hall–Kier alpha value is -1.67. The highest BCUT2D eigenvalue weighted by atomic mass is 32.1. The van der Waals surface area contributed by atoms with Crippen LogP contribution in [-0.4, -0.2) is 54.8 Å². The van der Waals surface area contributed by atoms with Crippen LogP contribution in [-0.2, 0) is 16.0 Å². The number of carbonyl (C=O) groups excluding carboxylic acids is 2. The molecule has 0 bridgehead atoms. The first-order valence-corrected chi connectivity index (χ1v) is 10.2. The highest BCUT2D eigenvalue weighted by Gasteiger charge is 2.21. The van der Waals surface area contributed by atoms with Crippen molar-refractivity contribution in [1.29, 1.82) is 0 Å². The Morgan fingerprint density at radius 2 is 2.12 bits per heavy atom. The molecule has 2 rings (SSSR count). The highest BCUT2D eigenvalue weighted by molar-refractivity contribution is 7.09. The van der Waals surface area contributed by atoms with E-state index in [2.05, 4.69) is 10.3 Å². The van der Waals surface area contributed by atoms with Gasteiger partial charge < -0.3 is 19.7 Å². The van der Waals surface area contributed by atoms with Crippen LogP contribution in [0.1, 0.15) is 60.9 Å². The number of carbonyl (C=O) groups is 2. The van der Waals surface area contributed by atoms with E-state index in [1.807, 2.05) is 6.92 Å². The van der Waals surface area contributed by atoms with E-state index in [4.69, 9.17) is 9.47 Å². The van der Waals surface area contributed by atoms with Gasteiger partial charge in [-0.05, 0) is 26.2 Å². The first-order valence-electron chi connectivity index (χ1n) is 9.30. The number of ether oxygens (including phenoxy) is 2.